The lowest BCUT2D eigenvalue weighted by Gasteiger charge is -2.25. The van der Waals surface area contributed by atoms with Crippen LogP contribution in [0.25, 0.3) is 0 Å². The Morgan fingerprint density at radius 3 is 2.81 bits per heavy atom. The molecule has 21 heavy (non-hydrogen) atoms. The molecule has 0 saturated heterocycles. The van der Waals surface area contributed by atoms with E-state index in [0.29, 0.717) is 18.5 Å². The number of aliphatic hydroxyl groups is 1. The lowest BCUT2D eigenvalue weighted by molar-refractivity contribution is 0.102. The molecule has 0 spiro atoms. The quantitative estimate of drug-likeness (QED) is 0.868. The van der Waals surface area contributed by atoms with Gasteiger partial charge in [0.05, 0.1) is 16.9 Å². The zero-order chi connectivity index (χ0) is 15.5. The molecule has 1 aliphatic carbocycles. The van der Waals surface area contributed by atoms with E-state index in [4.69, 9.17) is 11.6 Å². The maximum Gasteiger partial charge on any atom is 0.215 e. The van der Waals surface area contributed by atoms with E-state index in [0.717, 1.165) is 25.3 Å². The number of rotatable bonds is 5. The van der Waals surface area contributed by atoms with Gasteiger partial charge in [0.1, 0.15) is 5.82 Å². The Labute approximate surface area is 129 Å². The summed E-state index contributed by atoms with van der Waals surface area (Å²) in [5.74, 6) is -0.635. The molecule has 4 nitrogen and oxygen atoms in total. The fraction of sp³-hybridized carbons (Fsp3) is 0.571. The fourth-order valence-electron chi connectivity index (χ4n) is 2.59. The zero-order valence-electron chi connectivity index (χ0n) is 11.6. The Bertz CT molecular complexity index is 594. The minimum Gasteiger partial charge on any atom is -0.393 e. The van der Waals surface area contributed by atoms with Gasteiger partial charge in [-0.3, -0.25) is 0 Å². The molecule has 1 aliphatic rings. The van der Waals surface area contributed by atoms with Gasteiger partial charge in [-0.25, -0.2) is 17.5 Å². The third kappa shape index (κ3) is 5.21. The molecule has 2 N–H and O–H groups in total. The maximum absolute atomic E-state index is 13.0. The Kier molecular flexibility index (Phi) is 5.60. The Balaban J connectivity index is 1.90. The van der Waals surface area contributed by atoms with E-state index in [2.05, 4.69) is 4.72 Å². The van der Waals surface area contributed by atoms with Crippen LogP contribution in [0.15, 0.2) is 18.2 Å². The number of hydrogen-bond acceptors (Lipinski definition) is 3. The highest BCUT2D eigenvalue weighted by Crippen LogP contribution is 2.24. The van der Waals surface area contributed by atoms with Crippen LogP contribution in [-0.4, -0.2) is 26.2 Å². The van der Waals surface area contributed by atoms with Gasteiger partial charge in [-0.2, -0.15) is 0 Å². The van der Waals surface area contributed by atoms with Crippen LogP contribution in [0.3, 0.4) is 0 Å². The van der Waals surface area contributed by atoms with Gasteiger partial charge in [-0.15, -0.1) is 0 Å². The third-order valence-corrected chi connectivity index (χ3v) is 5.30. The standard InChI is InChI=1S/C14H19ClFNO3S/c15-13-7-11(4-5-14(13)16)9-21(19,20)17-8-10-2-1-3-12(18)6-10/h4-5,7,10,12,17-18H,1-3,6,8-9H2. The van der Waals surface area contributed by atoms with Crippen molar-refractivity contribution >= 4 is 21.6 Å². The van der Waals surface area contributed by atoms with Gasteiger partial charge in [-0.1, -0.05) is 24.1 Å². The molecule has 2 atom stereocenters. The van der Waals surface area contributed by atoms with Gasteiger partial charge in [0.15, 0.2) is 0 Å². The number of hydrogen-bond donors (Lipinski definition) is 2. The second kappa shape index (κ2) is 7.05. The van der Waals surface area contributed by atoms with E-state index in [1.165, 1.54) is 12.1 Å². The lowest BCUT2D eigenvalue weighted by atomic mass is 9.87. The summed E-state index contributed by atoms with van der Waals surface area (Å²) in [5, 5.41) is 9.49. The van der Waals surface area contributed by atoms with E-state index >= 15 is 0 Å². The van der Waals surface area contributed by atoms with Gasteiger partial charge in [-0.05, 0) is 42.9 Å². The van der Waals surface area contributed by atoms with Crippen LogP contribution < -0.4 is 4.72 Å². The average molecular weight is 336 g/mol. The highest BCUT2D eigenvalue weighted by Gasteiger charge is 2.22. The minimum absolute atomic E-state index is 0.0851. The van der Waals surface area contributed by atoms with E-state index in [-0.39, 0.29) is 22.8 Å². The summed E-state index contributed by atoms with van der Waals surface area (Å²) in [5.41, 5.74) is 0.442. The summed E-state index contributed by atoms with van der Waals surface area (Å²) in [6, 6.07) is 3.88. The van der Waals surface area contributed by atoms with Gasteiger partial charge in [0.25, 0.3) is 0 Å². The highest BCUT2D eigenvalue weighted by atomic mass is 35.5. The van der Waals surface area contributed by atoms with Crippen molar-refractivity contribution in [1.29, 1.82) is 0 Å². The molecule has 1 aromatic carbocycles. The first-order valence-electron chi connectivity index (χ1n) is 6.95. The molecular formula is C14H19ClFNO3S. The van der Waals surface area contributed by atoms with Gasteiger partial charge in [0, 0.05) is 6.54 Å². The van der Waals surface area contributed by atoms with E-state index < -0.39 is 15.8 Å². The molecule has 0 heterocycles. The van der Waals surface area contributed by atoms with Crippen LogP contribution in [0.4, 0.5) is 4.39 Å². The van der Waals surface area contributed by atoms with Crippen LogP contribution in [0.1, 0.15) is 31.2 Å². The molecule has 0 radical (unpaired) electrons. The second-order valence-electron chi connectivity index (χ2n) is 5.54. The van der Waals surface area contributed by atoms with Crippen LogP contribution in [0.2, 0.25) is 5.02 Å². The zero-order valence-corrected chi connectivity index (χ0v) is 13.1. The molecule has 2 rings (SSSR count). The molecule has 1 aromatic rings. The van der Waals surface area contributed by atoms with Crippen molar-refractivity contribution in [2.45, 2.75) is 37.5 Å². The molecular weight excluding hydrogens is 317 g/mol. The molecule has 0 aromatic heterocycles. The summed E-state index contributed by atoms with van der Waals surface area (Å²) in [7, 11) is -3.49. The first-order chi connectivity index (χ1) is 9.85. The first-order valence-corrected chi connectivity index (χ1v) is 8.98. The van der Waals surface area contributed by atoms with Crippen LogP contribution in [0.5, 0.6) is 0 Å². The van der Waals surface area contributed by atoms with Crippen molar-refractivity contribution in [3.05, 3.63) is 34.6 Å². The van der Waals surface area contributed by atoms with E-state index in [1.54, 1.807) is 0 Å². The Morgan fingerprint density at radius 2 is 2.14 bits per heavy atom. The normalized spacial score (nSPS) is 23.2. The molecule has 2 unspecified atom stereocenters. The lowest BCUT2D eigenvalue weighted by Crippen LogP contribution is -2.33. The highest BCUT2D eigenvalue weighted by molar-refractivity contribution is 7.88. The number of halogens is 2. The summed E-state index contributed by atoms with van der Waals surface area (Å²) < 4.78 is 39.6. The Morgan fingerprint density at radius 1 is 1.38 bits per heavy atom. The van der Waals surface area contributed by atoms with Crippen molar-refractivity contribution < 1.29 is 17.9 Å². The number of aliphatic hydroxyl groups excluding tert-OH is 1. The van der Waals surface area contributed by atoms with Crippen LogP contribution in [-0.2, 0) is 15.8 Å². The minimum atomic E-state index is -3.49. The number of sulfonamides is 1. The van der Waals surface area contributed by atoms with Crippen molar-refractivity contribution in [2.75, 3.05) is 6.54 Å². The molecule has 1 fully saturated rings. The fourth-order valence-corrected chi connectivity index (χ4v) is 4.01. The summed E-state index contributed by atoms with van der Waals surface area (Å²) >= 11 is 5.64. The summed E-state index contributed by atoms with van der Waals surface area (Å²) in [4.78, 5) is 0. The van der Waals surface area contributed by atoms with Gasteiger partial charge < -0.3 is 5.11 Å². The second-order valence-corrected chi connectivity index (χ2v) is 7.76. The average Bonchev–Trinajstić information content (AvgIpc) is 2.41. The molecule has 0 amide bonds. The molecule has 118 valence electrons. The predicted molar refractivity (Wildman–Crippen MR) is 80.0 cm³/mol. The summed E-state index contributed by atoms with van der Waals surface area (Å²) in [6.07, 6.45) is 2.93. The maximum atomic E-state index is 13.0. The van der Waals surface area contributed by atoms with Gasteiger partial charge >= 0.3 is 0 Å². The van der Waals surface area contributed by atoms with Crippen molar-refractivity contribution in [2.24, 2.45) is 5.92 Å². The van der Waals surface area contributed by atoms with Crippen molar-refractivity contribution in [3.63, 3.8) is 0 Å². The van der Waals surface area contributed by atoms with E-state index in [9.17, 15) is 17.9 Å². The third-order valence-electron chi connectivity index (χ3n) is 3.69. The van der Waals surface area contributed by atoms with Crippen molar-refractivity contribution in [3.8, 4) is 0 Å². The van der Waals surface area contributed by atoms with Gasteiger partial charge in [0.2, 0.25) is 10.0 Å². The largest absolute Gasteiger partial charge is 0.393 e. The monoisotopic (exact) mass is 335 g/mol. The van der Waals surface area contributed by atoms with Crippen LogP contribution in [0, 0.1) is 11.7 Å². The SMILES string of the molecule is O=S(=O)(Cc1ccc(F)c(Cl)c1)NCC1CCCC(O)C1. The number of benzene rings is 1. The molecule has 0 aliphatic heterocycles. The smallest absolute Gasteiger partial charge is 0.215 e. The summed E-state index contributed by atoms with van der Waals surface area (Å²) in [6.45, 7) is 0.328. The number of nitrogens with one attached hydrogen (secondary N) is 1. The van der Waals surface area contributed by atoms with Crippen LogP contribution >= 0.6 is 11.6 Å². The van der Waals surface area contributed by atoms with E-state index in [1.807, 2.05) is 0 Å². The van der Waals surface area contributed by atoms with Crippen molar-refractivity contribution in [1.82, 2.24) is 4.72 Å². The first kappa shape index (κ1) is 16.7. The molecule has 7 heteroatoms. The Hall–Kier alpha value is -0.690. The predicted octanol–water partition coefficient (Wildman–Crippen LogP) is 2.45. The molecule has 0 bridgehead atoms. The topological polar surface area (TPSA) is 66.4 Å². The molecule has 1 saturated carbocycles.